The Morgan fingerprint density at radius 1 is 1.41 bits per heavy atom. The zero-order valence-corrected chi connectivity index (χ0v) is 11.8. The Hall–Kier alpha value is -0.420. The summed E-state index contributed by atoms with van der Waals surface area (Å²) in [6.45, 7) is 0. The van der Waals surface area contributed by atoms with E-state index in [1.807, 2.05) is 11.4 Å². The van der Waals surface area contributed by atoms with Gasteiger partial charge in [0.2, 0.25) is 0 Å². The summed E-state index contributed by atoms with van der Waals surface area (Å²) in [5.74, 6) is -0.344. The molecule has 2 rings (SSSR count). The minimum absolute atomic E-state index is 0.305. The van der Waals surface area contributed by atoms with Crippen LogP contribution in [0.25, 0.3) is 0 Å². The standard InChI is InChI=1S/C12H9BrClFOS/c13-12-5-8(6-17-12)11(16)4-7-3-9(15)1-2-10(7)14/h1-3,5-6,11,16H,4H2. The number of halogens is 3. The van der Waals surface area contributed by atoms with E-state index in [9.17, 15) is 9.50 Å². The molecular weight excluding hydrogens is 327 g/mol. The second kappa shape index (κ2) is 5.48. The maximum Gasteiger partial charge on any atom is 0.123 e. The minimum Gasteiger partial charge on any atom is -0.388 e. The molecule has 1 heterocycles. The average Bonchev–Trinajstić information content (AvgIpc) is 2.70. The molecule has 1 nitrogen and oxygen atoms in total. The van der Waals surface area contributed by atoms with Crippen molar-refractivity contribution in [2.24, 2.45) is 0 Å². The van der Waals surface area contributed by atoms with Gasteiger partial charge < -0.3 is 5.11 Å². The van der Waals surface area contributed by atoms with Crippen LogP contribution >= 0.6 is 38.9 Å². The van der Waals surface area contributed by atoms with Gasteiger partial charge in [-0.3, -0.25) is 0 Å². The maximum absolute atomic E-state index is 13.1. The molecule has 0 fully saturated rings. The second-order valence-electron chi connectivity index (χ2n) is 3.64. The molecule has 1 aromatic carbocycles. The fourth-order valence-corrected chi connectivity index (χ4v) is 2.94. The predicted molar refractivity (Wildman–Crippen MR) is 72.1 cm³/mol. The third-order valence-corrected chi connectivity index (χ3v) is 4.28. The number of hydrogen-bond donors (Lipinski definition) is 1. The van der Waals surface area contributed by atoms with Crippen molar-refractivity contribution < 1.29 is 9.50 Å². The Balaban J connectivity index is 2.18. The third kappa shape index (κ3) is 3.28. The Labute approximate surface area is 116 Å². The molecule has 1 unspecified atom stereocenters. The molecule has 0 aliphatic carbocycles. The number of thiophene rings is 1. The summed E-state index contributed by atoms with van der Waals surface area (Å²) in [6.07, 6.45) is -0.364. The van der Waals surface area contributed by atoms with Gasteiger partial charge in [0.05, 0.1) is 9.89 Å². The molecule has 0 aliphatic rings. The average molecular weight is 336 g/mol. The third-order valence-electron chi connectivity index (χ3n) is 2.39. The number of hydrogen-bond acceptors (Lipinski definition) is 2. The van der Waals surface area contributed by atoms with Crippen molar-refractivity contribution in [3.05, 3.63) is 55.4 Å². The zero-order valence-electron chi connectivity index (χ0n) is 8.66. The van der Waals surface area contributed by atoms with Crippen LogP contribution in [0.15, 0.2) is 33.4 Å². The molecule has 0 bridgehead atoms. The van der Waals surface area contributed by atoms with E-state index < -0.39 is 6.10 Å². The van der Waals surface area contributed by atoms with Crippen molar-refractivity contribution in [1.82, 2.24) is 0 Å². The van der Waals surface area contributed by atoms with Crippen LogP contribution in [0.2, 0.25) is 5.02 Å². The van der Waals surface area contributed by atoms with Gasteiger partial charge in [-0.25, -0.2) is 4.39 Å². The lowest BCUT2D eigenvalue weighted by molar-refractivity contribution is 0.179. The number of aliphatic hydroxyl groups excluding tert-OH is 1. The van der Waals surface area contributed by atoms with Crippen LogP contribution in [0.3, 0.4) is 0 Å². The van der Waals surface area contributed by atoms with Gasteiger partial charge in [0.1, 0.15) is 5.82 Å². The van der Waals surface area contributed by atoms with Crippen molar-refractivity contribution in [2.45, 2.75) is 12.5 Å². The molecule has 90 valence electrons. The first kappa shape index (κ1) is 13.0. The molecule has 5 heteroatoms. The molecule has 17 heavy (non-hydrogen) atoms. The van der Waals surface area contributed by atoms with Crippen LogP contribution in [0, 0.1) is 5.82 Å². The fourth-order valence-electron chi connectivity index (χ4n) is 1.52. The van der Waals surface area contributed by atoms with E-state index in [4.69, 9.17) is 11.6 Å². The second-order valence-corrected chi connectivity index (χ2v) is 6.34. The van der Waals surface area contributed by atoms with Crippen molar-refractivity contribution in [1.29, 1.82) is 0 Å². The Bertz CT molecular complexity index is 529. The highest BCUT2D eigenvalue weighted by atomic mass is 79.9. The van der Waals surface area contributed by atoms with Crippen molar-refractivity contribution in [3.63, 3.8) is 0 Å². The molecule has 2 aromatic rings. The summed E-state index contributed by atoms with van der Waals surface area (Å²) in [5.41, 5.74) is 1.42. The summed E-state index contributed by atoms with van der Waals surface area (Å²) >= 11 is 10.8. The van der Waals surface area contributed by atoms with E-state index in [0.29, 0.717) is 17.0 Å². The van der Waals surface area contributed by atoms with Gasteiger partial charge in [0.15, 0.2) is 0 Å². The van der Waals surface area contributed by atoms with Gasteiger partial charge >= 0.3 is 0 Å². The lowest BCUT2D eigenvalue weighted by Crippen LogP contribution is -2.01. The van der Waals surface area contributed by atoms with Crippen LogP contribution in [0.1, 0.15) is 17.2 Å². The van der Waals surface area contributed by atoms with E-state index in [-0.39, 0.29) is 5.82 Å². The molecule has 1 aromatic heterocycles. The van der Waals surface area contributed by atoms with Crippen LogP contribution in [-0.4, -0.2) is 5.11 Å². The largest absolute Gasteiger partial charge is 0.388 e. The zero-order chi connectivity index (χ0) is 12.4. The number of benzene rings is 1. The summed E-state index contributed by atoms with van der Waals surface area (Å²) in [7, 11) is 0. The van der Waals surface area contributed by atoms with E-state index in [0.717, 1.165) is 9.35 Å². The molecule has 1 atom stereocenters. The molecule has 1 N–H and O–H groups in total. The van der Waals surface area contributed by atoms with Crippen molar-refractivity contribution in [2.75, 3.05) is 0 Å². The lowest BCUT2D eigenvalue weighted by Gasteiger charge is -2.10. The minimum atomic E-state index is -0.670. The smallest absolute Gasteiger partial charge is 0.123 e. The van der Waals surface area contributed by atoms with Gasteiger partial charge in [0, 0.05) is 11.4 Å². The Kier molecular flexibility index (Phi) is 4.20. The molecule has 0 radical (unpaired) electrons. The maximum atomic E-state index is 13.1. The quantitative estimate of drug-likeness (QED) is 0.870. The van der Waals surface area contributed by atoms with E-state index in [1.54, 1.807) is 0 Å². The van der Waals surface area contributed by atoms with E-state index in [2.05, 4.69) is 15.9 Å². The van der Waals surface area contributed by atoms with Gasteiger partial charge in [-0.15, -0.1) is 11.3 Å². The van der Waals surface area contributed by atoms with Gasteiger partial charge in [-0.1, -0.05) is 11.6 Å². The molecule has 0 saturated heterocycles. The summed E-state index contributed by atoms with van der Waals surface area (Å²) < 4.78 is 14.0. The summed E-state index contributed by atoms with van der Waals surface area (Å²) in [4.78, 5) is 0. The predicted octanol–water partition coefficient (Wildman–Crippen LogP) is 4.58. The first-order valence-electron chi connectivity index (χ1n) is 4.92. The highest BCUT2D eigenvalue weighted by Gasteiger charge is 2.13. The van der Waals surface area contributed by atoms with Crippen LogP contribution in [0.4, 0.5) is 4.39 Å². The van der Waals surface area contributed by atoms with Crippen LogP contribution in [-0.2, 0) is 6.42 Å². The summed E-state index contributed by atoms with van der Waals surface area (Å²) in [6, 6.07) is 6.01. The van der Waals surface area contributed by atoms with Crippen LogP contribution in [0.5, 0.6) is 0 Å². The van der Waals surface area contributed by atoms with Gasteiger partial charge in [0.25, 0.3) is 0 Å². The van der Waals surface area contributed by atoms with E-state index >= 15 is 0 Å². The molecule has 0 spiro atoms. The fraction of sp³-hybridized carbons (Fsp3) is 0.167. The first-order chi connectivity index (χ1) is 8.06. The van der Waals surface area contributed by atoms with Gasteiger partial charge in [-0.05, 0) is 56.7 Å². The molecular formula is C12H9BrClFOS. The Morgan fingerprint density at radius 2 is 2.18 bits per heavy atom. The summed E-state index contributed by atoms with van der Waals surface area (Å²) in [5, 5.41) is 12.3. The highest BCUT2D eigenvalue weighted by Crippen LogP contribution is 2.29. The monoisotopic (exact) mass is 334 g/mol. The van der Waals surface area contributed by atoms with E-state index in [1.165, 1.54) is 29.5 Å². The normalized spacial score (nSPS) is 12.7. The lowest BCUT2D eigenvalue weighted by atomic mass is 10.0. The Morgan fingerprint density at radius 3 is 2.82 bits per heavy atom. The van der Waals surface area contributed by atoms with Crippen molar-refractivity contribution >= 4 is 38.9 Å². The molecule has 0 saturated carbocycles. The molecule has 0 amide bonds. The van der Waals surface area contributed by atoms with Crippen molar-refractivity contribution in [3.8, 4) is 0 Å². The number of aliphatic hydroxyl groups is 1. The van der Waals surface area contributed by atoms with Crippen LogP contribution < -0.4 is 0 Å². The molecule has 0 aliphatic heterocycles. The van der Waals surface area contributed by atoms with Gasteiger partial charge in [-0.2, -0.15) is 0 Å². The SMILES string of the molecule is OC(Cc1cc(F)ccc1Cl)c1csc(Br)c1. The first-order valence-corrected chi connectivity index (χ1v) is 6.97. The number of rotatable bonds is 3. The highest BCUT2D eigenvalue weighted by molar-refractivity contribution is 9.11. The topological polar surface area (TPSA) is 20.2 Å².